The zero-order valence-corrected chi connectivity index (χ0v) is 15.8. The van der Waals surface area contributed by atoms with Crippen LogP contribution in [0.4, 0.5) is 0 Å². The van der Waals surface area contributed by atoms with Crippen LogP contribution in [0.25, 0.3) is 0 Å². The van der Waals surface area contributed by atoms with E-state index < -0.39 is 10.0 Å². The fourth-order valence-electron chi connectivity index (χ4n) is 2.62. The van der Waals surface area contributed by atoms with E-state index in [4.69, 9.17) is 33.2 Å². The van der Waals surface area contributed by atoms with E-state index in [2.05, 4.69) is 10.0 Å². The fraction of sp³-hybridized carbons (Fsp3) is 0.235. The van der Waals surface area contributed by atoms with Crippen molar-refractivity contribution in [3.63, 3.8) is 0 Å². The highest BCUT2D eigenvalue weighted by Gasteiger charge is 2.26. The Morgan fingerprint density at radius 2 is 1.92 bits per heavy atom. The van der Waals surface area contributed by atoms with Crippen molar-refractivity contribution in [2.45, 2.75) is 17.4 Å². The molecule has 1 saturated heterocycles. The molecule has 0 amide bonds. The molecule has 0 radical (unpaired) electrons. The van der Waals surface area contributed by atoms with Gasteiger partial charge in [-0.2, -0.15) is 5.26 Å². The third-order valence-corrected chi connectivity index (χ3v) is 5.79. The van der Waals surface area contributed by atoms with Crippen molar-refractivity contribution in [3.05, 3.63) is 52.0 Å². The first kappa shape index (κ1) is 19.0. The number of nitrogens with zero attached hydrogens (tertiary/aromatic N) is 1. The summed E-state index contributed by atoms with van der Waals surface area (Å²) in [5.41, 5.74) is 0.214. The lowest BCUT2D eigenvalue weighted by Gasteiger charge is -2.16. The number of sulfonamides is 1. The number of halogens is 2. The first-order valence-electron chi connectivity index (χ1n) is 7.78. The van der Waals surface area contributed by atoms with Gasteiger partial charge in [-0.05, 0) is 49.4 Å². The molecule has 1 fully saturated rings. The van der Waals surface area contributed by atoms with Gasteiger partial charge in [0.15, 0.2) is 0 Å². The molecule has 2 aromatic rings. The summed E-state index contributed by atoms with van der Waals surface area (Å²) in [6, 6.07) is 10.5. The molecule has 1 heterocycles. The predicted molar refractivity (Wildman–Crippen MR) is 99.3 cm³/mol. The summed E-state index contributed by atoms with van der Waals surface area (Å²) < 4.78 is 34.0. The molecule has 1 aliphatic rings. The molecule has 3 rings (SSSR count). The van der Waals surface area contributed by atoms with Gasteiger partial charge in [0.05, 0.1) is 11.6 Å². The molecule has 2 N–H and O–H groups in total. The molecule has 6 nitrogen and oxygen atoms in total. The van der Waals surface area contributed by atoms with Crippen molar-refractivity contribution in [2.24, 2.45) is 0 Å². The molecule has 0 aliphatic carbocycles. The largest absolute Gasteiger partial charge is 0.456 e. The number of ether oxygens (including phenoxy) is 1. The summed E-state index contributed by atoms with van der Waals surface area (Å²) in [6.07, 6.45) is 0.692. The van der Waals surface area contributed by atoms with E-state index in [0.717, 1.165) is 6.54 Å². The van der Waals surface area contributed by atoms with Crippen LogP contribution < -0.4 is 14.8 Å². The van der Waals surface area contributed by atoms with Gasteiger partial charge < -0.3 is 10.1 Å². The molecule has 9 heteroatoms. The first-order chi connectivity index (χ1) is 12.4. The lowest BCUT2D eigenvalue weighted by Crippen LogP contribution is -2.36. The van der Waals surface area contributed by atoms with E-state index in [1.807, 2.05) is 6.07 Å². The van der Waals surface area contributed by atoms with E-state index >= 15 is 0 Å². The van der Waals surface area contributed by atoms with Gasteiger partial charge in [-0.15, -0.1) is 0 Å². The lowest BCUT2D eigenvalue weighted by molar-refractivity contribution is 0.465. The van der Waals surface area contributed by atoms with Crippen molar-refractivity contribution in [1.82, 2.24) is 10.0 Å². The molecule has 0 spiro atoms. The highest BCUT2D eigenvalue weighted by atomic mass is 35.5. The second kappa shape index (κ2) is 7.82. The number of nitrogens with one attached hydrogen (secondary N) is 2. The van der Waals surface area contributed by atoms with E-state index in [1.165, 1.54) is 30.3 Å². The van der Waals surface area contributed by atoms with Gasteiger partial charge in [0, 0.05) is 22.6 Å². The maximum atomic E-state index is 12.8. The Kier molecular flexibility index (Phi) is 5.70. The second-order valence-electron chi connectivity index (χ2n) is 5.79. The minimum atomic E-state index is -3.88. The van der Waals surface area contributed by atoms with Gasteiger partial charge in [-0.1, -0.05) is 23.2 Å². The molecule has 2 aromatic carbocycles. The SMILES string of the molecule is N#Cc1ccc(Oc2cc(Cl)cc(Cl)c2)c(S(=O)(=O)N[C@H]2CCNC2)c1. The number of benzene rings is 2. The predicted octanol–water partition coefficient (Wildman–Crippen LogP) is 3.30. The minimum absolute atomic E-state index is 0.0841. The summed E-state index contributed by atoms with van der Waals surface area (Å²) in [5.74, 6) is 0.381. The summed E-state index contributed by atoms with van der Waals surface area (Å²) in [4.78, 5) is -0.112. The van der Waals surface area contributed by atoms with Crippen LogP contribution in [-0.2, 0) is 10.0 Å². The maximum absolute atomic E-state index is 12.8. The first-order valence-corrected chi connectivity index (χ1v) is 10.0. The Morgan fingerprint density at radius 3 is 2.54 bits per heavy atom. The molecule has 1 aliphatic heterocycles. The van der Waals surface area contributed by atoms with Gasteiger partial charge in [0.1, 0.15) is 16.4 Å². The minimum Gasteiger partial charge on any atom is -0.456 e. The molecular formula is C17H15Cl2N3O3S. The maximum Gasteiger partial charge on any atom is 0.244 e. The third-order valence-electron chi connectivity index (χ3n) is 3.81. The van der Waals surface area contributed by atoms with Gasteiger partial charge in [0.2, 0.25) is 10.0 Å². The van der Waals surface area contributed by atoms with Crippen molar-refractivity contribution in [3.8, 4) is 17.6 Å². The summed E-state index contributed by atoms with van der Waals surface area (Å²) in [5, 5.41) is 12.9. The number of hydrogen-bond donors (Lipinski definition) is 2. The Morgan fingerprint density at radius 1 is 1.19 bits per heavy atom. The second-order valence-corrected chi connectivity index (χ2v) is 8.35. The van der Waals surface area contributed by atoms with Crippen LogP contribution in [0.2, 0.25) is 10.0 Å². The Bertz CT molecular complexity index is 947. The quantitative estimate of drug-likeness (QED) is 0.787. The molecule has 0 saturated carbocycles. The fourth-order valence-corrected chi connectivity index (χ4v) is 4.55. The summed E-state index contributed by atoms with van der Waals surface area (Å²) in [6.45, 7) is 1.30. The van der Waals surface area contributed by atoms with Gasteiger partial charge in [-0.3, -0.25) is 0 Å². The van der Waals surface area contributed by atoms with Crippen LogP contribution in [-0.4, -0.2) is 27.5 Å². The van der Waals surface area contributed by atoms with Gasteiger partial charge in [-0.25, -0.2) is 13.1 Å². The van der Waals surface area contributed by atoms with E-state index in [9.17, 15) is 8.42 Å². The highest BCUT2D eigenvalue weighted by molar-refractivity contribution is 7.89. The molecule has 136 valence electrons. The topological polar surface area (TPSA) is 91.2 Å². The van der Waals surface area contributed by atoms with Crippen LogP contribution in [0.15, 0.2) is 41.3 Å². The van der Waals surface area contributed by atoms with Crippen LogP contribution in [0.5, 0.6) is 11.5 Å². The molecule has 26 heavy (non-hydrogen) atoms. The summed E-state index contributed by atoms with van der Waals surface area (Å²) in [7, 11) is -3.88. The average molecular weight is 412 g/mol. The number of hydrogen-bond acceptors (Lipinski definition) is 5. The van der Waals surface area contributed by atoms with E-state index in [0.29, 0.717) is 28.8 Å². The smallest absolute Gasteiger partial charge is 0.244 e. The van der Waals surface area contributed by atoms with Crippen LogP contribution in [0.1, 0.15) is 12.0 Å². The van der Waals surface area contributed by atoms with Crippen LogP contribution in [0, 0.1) is 11.3 Å². The zero-order chi connectivity index (χ0) is 18.7. The van der Waals surface area contributed by atoms with E-state index in [-0.39, 0.29) is 22.3 Å². The Balaban J connectivity index is 1.98. The molecular weight excluding hydrogens is 397 g/mol. The zero-order valence-electron chi connectivity index (χ0n) is 13.5. The number of rotatable bonds is 5. The van der Waals surface area contributed by atoms with Crippen LogP contribution >= 0.6 is 23.2 Å². The molecule has 0 unspecified atom stereocenters. The summed E-state index contributed by atoms with van der Waals surface area (Å²) >= 11 is 11.9. The third kappa shape index (κ3) is 4.47. The van der Waals surface area contributed by atoms with Crippen molar-refractivity contribution < 1.29 is 13.2 Å². The van der Waals surface area contributed by atoms with Gasteiger partial charge >= 0.3 is 0 Å². The molecule has 1 atom stereocenters. The number of nitriles is 1. The monoisotopic (exact) mass is 411 g/mol. The Hall–Kier alpha value is -1.82. The highest BCUT2D eigenvalue weighted by Crippen LogP contribution is 2.33. The molecule has 0 bridgehead atoms. The molecule has 0 aromatic heterocycles. The Labute approximate surface area is 161 Å². The van der Waals surface area contributed by atoms with Crippen molar-refractivity contribution in [1.29, 1.82) is 5.26 Å². The standard InChI is InChI=1S/C17H15Cl2N3O3S/c18-12-6-13(19)8-15(7-12)25-16-2-1-11(9-20)5-17(16)26(23,24)22-14-3-4-21-10-14/h1-2,5-8,14,21-22H,3-4,10H2/t14-/m0/s1. The van der Waals surface area contributed by atoms with Gasteiger partial charge in [0.25, 0.3) is 0 Å². The van der Waals surface area contributed by atoms with Crippen LogP contribution in [0.3, 0.4) is 0 Å². The van der Waals surface area contributed by atoms with Crippen molar-refractivity contribution in [2.75, 3.05) is 13.1 Å². The lowest BCUT2D eigenvalue weighted by atomic mass is 10.2. The van der Waals surface area contributed by atoms with Crippen molar-refractivity contribution >= 4 is 33.2 Å². The van der Waals surface area contributed by atoms with E-state index in [1.54, 1.807) is 6.07 Å². The average Bonchev–Trinajstić information content (AvgIpc) is 3.06. The normalized spacial score (nSPS) is 17.0.